The number of hydrogen-bond acceptors (Lipinski definition) is 5. The summed E-state index contributed by atoms with van der Waals surface area (Å²) < 4.78 is 5.17. The number of H-pyrrole nitrogens is 1. The van der Waals surface area contributed by atoms with Crippen molar-refractivity contribution in [3.8, 4) is 17.1 Å². The largest absolute Gasteiger partial charge is 0.497 e. The topological polar surface area (TPSA) is 79.9 Å². The molecule has 29 heavy (non-hydrogen) atoms. The predicted molar refractivity (Wildman–Crippen MR) is 116 cm³/mol. The molecular weight excluding hydrogens is 384 g/mol. The fraction of sp³-hybridized carbons (Fsp3) is 0.318. The van der Waals surface area contributed by atoms with E-state index in [4.69, 9.17) is 4.74 Å². The van der Waals surface area contributed by atoms with E-state index in [1.54, 1.807) is 7.11 Å². The average molecular weight is 411 g/mol. The minimum absolute atomic E-state index is 0.00800. The van der Waals surface area contributed by atoms with E-state index in [0.717, 1.165) is 24.2 Å². The molecule has 0 aliphatic rings. The summed E-state index contributed by atoms with van der Waals surface area (Å²) in [6.45, 7) is 3.90. The number of thioether (sulfide) groups is 1. The van der Waals surface area contributed by atoms with E-state index in [9.17, 15) is 4.79 Å². The van der Waals surface area contributed by atoms with Gasteiger partial charge in [-0.1, -0.05) is 42.1 Å². The summed E-state index contributed by atoms with van der Waals surface area (Å²) in [7, 11) is 1.63. The lowest BCUT2D eigenvalue weighted by molar-refractivity contribution is -0.120. The lowest BCUT2D eigenvalue weighted by Gasteiger charge is -2.16. The van der Waals surface area contributed by atoms with Crippen molar-refractivity contribution in [3.05, 3.63) is 60.2 Å². The molecule has 7 heteroatoms. The molecule has 0 unspecified atom stereocenters. The number of aromatic nitrogens is 3. The maximum absolute atomic E-state index is 12.5. The van der Waals surface area contributed by atoms with Gasteiger partial charge in [-0.05, 0) is 56.5 Å². The first-order valence-corrected chi connectivity index (χ1v) is 10.5. The second-order valence-corrected chi connectivity index (χ2v) is 8.20. The maximum atomic E-state index is 12.5. The van der Waals surface area contributed by atoms with E-state index in [-0.39, 0.29) is 17.2 Å². The summed E-state index contributed by atoms with van der Waals surface area (Å²) in [5, 5.41) is 10.5. The van der Waals surface area contributed by atoms with Crippen molar-refractivity contribution in [2.75, 3.05) is 7.11 Å². The van der Waals surface area contributed by atoms with Crippen LogP contribution in [0.15, 0.2) is 59.8 Å². The Bertz CT molecular complexity index is 912. The highest BCUT2D eigenvalue weighted by atomic mass is 32.2. The fourth-order valence-electron chi connectivity index (χ4n) is 2.85. The van der Waals surface area contributed by atoms with E-state index >= 15 is 0 Å². The molecule has 3 rings (SSSR count). The molecule has 0 saturated heterocycles. The van der Waals surface area contributed by atoms with Crippen LogP contribution in [-0.2, 0) is 11.2 Å². The van der Waals surface area contributed by atoms with Gasteiger partial charge in [0.25, 0.3) is 0 Å². The SMILES string of the molecule is COc1ccc(-c2nc(S[C@@H](C)C(=O)N[C@H](C)CCc3ccccc3)n[nH]2)cc1. The summed E-state index contributed by atoms with van der Waals surface area (Å²) in [5.41, 5.74) is 2.19. The second kappa shape index (κ2) is 10.1. The summed E-state index contributed by atoms with van der Waals surface area (Å²) >= 11 is 1.34. The van der Waals surface area contributed by atoms with Crippen molar-refractivity contribution >= 4 is 17.7 Å². The Morgan fingerprint density at radius 2 is 1.86 bits per heavy atom. The zero-order valence-electron chi connectivity index (χ0n) is 16.9. The van der Waals surface area contributed by atoms with Crippen LogP contribution in [0.2, 0.25) is 0 Å². The molecule has 0 spiro atoms. The molecule has 2 aromatic carbocycles. The van der Waals surface area contributed by atoms with E-state index in [0.29, 0.717) is 11.0 Å². The molecule has 0 aliphatic carbocycles. The maximum Gasteiger partial charge on any atom is 0.233 e. The first-order valence-electron chi connectivity index (χ1n) is 9.63. The molecule has 0 fully saturated rings. The van der Waals surface area contributed by atoms with Gasteiger partial charge in [-0.25, -0.2) is 4.98 Å². The predicted octanol–water partition coefficient (Wildman–Crippen LogP) is 4.10. The van der Waals surface area contributed by atoms with Gasteiger partial charge < -0.3 is 10.1 Å². The van der Waals surface area contributed by atoms with Crippen LogP contribution in [0.5, 0.6) is 5.75 Å². The third kappa shape index (κ3) is 6.09. The van der Waals surface area contributed by atoms with Gasteiger partial charge in [-0.15, -0.1) is 5.10 Å². The molecule has 1 heterocycles. The van der Waals surface area contributed by atoms with Gasteiger partial charge in [0.15, 0.2) is 5.82 Å². The highest BCUT2D eigenvalue weighted by molar-refractivity contribution is 8.00. The number of nitrogens with zero attached hydrogens (tertiary/aromatic N) is 2. The van der Waals surface area contributed by atoms with E-state index in [1.165, 1.54) is 17.3 Å². The van der Waals surface area contributed by atoms with Crippen molar-refractivity contribution in [1.82, 2.24) is 20.5 Å². The molecular formula is C22H26N4O2S. The third-order valence-corrected chi connectivity index (χ3v) is 5.54. The summed E-state index contributed by atoms with van der Waals surface area (Å²) in [4.78, 5) is 17.0. The first kappa shape index (κ1) is 20.9. The molecule has 152 valence electrons. The first-order chi connectivity index (χ1) is 14.0. The molecule has 0 bridgehead atoms. The van der Waals surface area contributed by atoms with Crippen molar-refractivity contribution in [1.29, 1.82) is 0 Å². The van der Waals surface area contributed by atoms with Crippen LogP contribution in [0.3, 0.4) is 0 Å². The van der Waals surface area contributed by atoms with Crippen molar-refractivity contribution in [2.24, 2.45) is 0 Å². The standard InChI is InChI=1S/C22H26N4O2S/c1-15(9-10-17-7-5-4-6-8-17)23-21(27)16(2)29-22-24-20(25-26-22)18-11-13-19(28-3)14-12-18/h4-8,11-16H,9-10H2,1-3H3,(H,23,27)(H,24,25,26)/t15-,16+/m1/s1. The molecule has 0 saturated carbocycles. The van der Waals surface area contributed by atoms with Gasteiger partial charge in [0.1, 0.15) is 5.75 Å². The number of carbonyl (C=O) groups is 1. The van der Waals surface area contributed by atoms with Gasteiger partial charge in [-0.2, -0.15) is 0 Å². The molecule has 0 aliphatic heterocycles. The van der Waals surface area contributed by atoms with Gasteiger partial charge in [0.05, 0.1) is 12.4 Å². The van der Waals surface area contributed by atoms with Crippen LogP contribution in [0.1, 0.15) is 25.8 Å². The Labute approximate surface area is 175 Å². The van der Waals surface area contributed by atoms with Gasteiger partial charge in [-0.3, -0.25) is 9.89 Å². The highest BCUT2D eigenvalue weighted by Crippen LogP contribution is 2.24. The number of carbonyl (C=O) groups excluding carboxylic acids is 1. The minimum Gasteiger partial charge on any atom is -0.497 e. The van der Waals surface area contributed by atoms with Crippen LogP contribution < -0.4 is 10.1 Å². The number of aromatic amines is 1. The number of nitrogens with one attached hydrogen (secondary N) is 2. The normalized spacial score (nSPS) is 12.9. The zero-order valence-corrected chi connectivity index (χ0v) is 17.7. The Balaban J connectivity index is 1.49. The van der Waals surface area contributed by atoms with Crippen molar-refractivity contribution in [3.63, 3.8) is 0 Å². The molecule has 6 nitrogen and oxygen atoms in total. The van der Waals surface area contributed by atoms with E-state index in [1.807, 2.05) is 56.3 Å². The summed E-state index contributed by atoms with van der Waals surface area (Å²) in [6, 6.07) is 18.0. The Morgan fingerprint density at radius 1 is 1.14 bits per heavy atom. The Hall–Kier alpha value is -2.80. The van der Waals surface area contributed by atoms with Crippen LogP contribution in [0.25, 0.3) is 11.4 Å². The Morgan fingerprint density at radius 3 is 2.55 bits per heavy atom. The number of benzene rings is 2. The number of ether oxygens (including phenoxy) is 1. The van der Waals surface area contributed by atoms with E-state index in [2.05, 4.69) is 32.6 Å². The Kier molecular flexibility index (Phi) is 7.30. The van der Waals surface area contributed by atoms with Crippen LogP contribution in [-0.4, -0.2) is 39.5 Å². The quantitative estimate of drug-likeness (QED) is 0.519. The number of amides is 1. The molecule has 0 radical (unpaired) electrons. The van der Waals surface area contributed by atoms with Crippen molar-refractivity contribution in [2.45, 2.75) is 43.1 Å². The lowest BCUT2D eigenvalue weighted by atomic mass is 10.1. The molecule has 2 N–H and O–H groups in total. The number of aryl methyl sites for hydroxylation is 1. The molecule has 1 amide bonds. The summed E-state index contributed by atoms with van der Waals surface area (Å²) in [5.74, 6) is 1.44. The average Bonchev–Trinajstić information content (AvgIpc) is 3.21. The lowest BCUT2D eigenvalue weighted by Crippen LogP contribution is -2.37. The van der Waals surface area contributed by atoms with Crippen LogP contribution in [0, 0.1) is 0 Å². The zero-order chi connectivity index (χ0) is 20.6. The van der Waals surface area contributed by atoms with E-state index < -0.39 is 0 Å². The molecule has 1 aromatic heterocycles. The monoisotopic (exact) mass is 410 g/mol. The molecule has 3 aromatic rings. The highest BCUT2D eigenvalue weighted by Gasteiger charge is 2.19. The van der Waals surface area contributed by atoms with Crippen LogP contribution in [0.4, 0.5) is 0 Å². The number of rotatable bonds is 9. The van der Waals surface area contributed by atoms with Crippen LogP contribution >= 0.6 is 11.8 Å². The second-order valence-electron chi connectivity index (χ2n) is 6.89. The summed E-state index contributed by atoms with van der Waals surface area (Å²) in [6.07, 6.45) is 1.84. The number of hydrogen-bond donors (Lipinski definition) is 2. The minimum atomic E-state index is -0.284. The third-order valence-electron chi connectivity index (χ3n) is 4.58. The smallest absolute Gasteiger partial charge is 0.233 e. The van der Waals surface area contributed by atoms with Crippen molar-refractivity contribution < 1.29 is 9.53 Å². The fourth-order valence-corrected chi connectivity index (χ4v) is 3.58. The molecule has 2 atom stereocenters. The van der Waals surface area contributed by atoms with Gasteiger partial charge >= 0.3 is 0 Å². The van der Waals surface area contributed by atoms with Gasteiger partial charge in [0, 0.05) is 11.6 Å². The number of methoxy groups -OCH3 is 1. The van der Waals surface area contributed by atoms with Gasteiger partial charge in [0.2, 0.25) is 11.1 Å².